The molecule has 0 bridgehead atoms. The summed E-state index contributed by atoms with van der Waals surface area (Å²) in [4.78, 5) is 9.97. The molecule has 0 saturated heterocycles. The van der Waals surface area contributed by atoms with Crippen molar-refractivity contribution in [3.05, 3.63) is 0 Å². The lowest BCUT2D eigenvalue weighted by atomic mass is 10.1. The summed E-state index contributed by atoms with van der Waals surface area (Å²) in [5, 5.41) is 0. The second-order valence-corrected chi connectivity index (χ2v) is 5.10. The van der Waals surface area contributed by atoms with Crippen molar-refractivity contribution >= 4 is 41.3 Å². The van der Waals surface area contributed by atoms with Gasteiger partial charge in [0.05, 0.1) is 0 Å². The maximum atomic E-state index is 9.97. The van der Waals surface area contributed by atoms with E-state index < -0.39 is 9.90 Å². The lowest BCUT2D eigenvalue weighted by Gasteiger charge is -2.21. The fourth-order valence-electron chi connectivity index (χ4n) is 0.927. The second-order valence-electron chi connectivity index (χ2n) is 2.73. The third-order valence-electron chi connectivity index (χ3n) is 1.63. The summed E-state index contributed by atoms with van der Waals surface area (Å²) in [5.74, 6) is 0. The summed E-state index contributed by atoms with van der Waals surface area (Å²) >= 11 is 16.8. The van der Waals surface area contributed by atoms with Crippen molar-refractivity contribution in [2.24, 2.45) is 0 Å². The largest absolute Gasteiger partial charge is 0.449 e. The molecule has 1 atom stereocenters. The first kappa shape index (κ1) is 13.3. The lowest BCUT2D eigenvalue weighted by Crippen LogP contribution is -2.28. The number of halogens is 3. The highest BCUT2D eigenvalue weighted by atomic mass is 35.6. The van der Waals surface area contributed by atoms with Crippen molar-refractivity contribution in [1.29, 1.82) is 0 Å². The van der Waals surface area contributed by atoms with Crippen molar-refractivity contribution in [1.82, 2.24) is 0 Å². The number of alkyl halides is 3. The highest BCUT2D eigenvalue weighted by Gasteiger charge is 2.33. The van der Waals surface area contributed by atoms with Gasteiger partial charge < -0.3 is 4.74 Å². The molecule has 1 unspecified atom stereocenters. The fourth-order valence-corrected chi connectivity index (χ4v) is 1.39. The summed E-state index contributed by atoms with van der Waals surface area (Å²) in [6.45, 7) is 3.36. The Hall–Kier alpha value is 0.340. The van der Waals surface area contributed by atoms with Crippen molar-refractivity contribution in [3.63, 3.8) is 0 Å². The molecule has 0 saturated carbocycles. The molecule has 0 aliphatic heterocycles. The van der Waals surface area contributed by atoms with E-state index in [1.54, 1.807) is 0 Å². The van der Waals surface area contributed by atoms with E-state index in [0.29, 0.717) is 6.42 Å². The van der Waals surface area contributed by atoms with Crippen LogP contribution in [0.2, 0.25) is 0 Å². The second kappa shape index (κ2) is 6.74. The summed E-state index contributed by atoms with van der Waals surface area (Å²) < 4.78 is 3.00. The molecule has 0 amide bonds. The average Bonchev–Trinajstić information content (AvgIpc) is 2.01. The SMILES string of the molecule is CCCCCC(O[C]=O)C(Cl)(Cl)Cl. The standard InChI is InChI=1S/C8H12Cl3O2/c1-2-3-4-5-7(13-6-12)8(9,10)11/h7H,2-5H2,1H3. The van der Waals surface area contributed by atoms with Crippen molar-refractivity contribution in [2.75, 3.05) is 0 Å². The van der Waals surface area contributed by atoms with Crippen LogP contribution in [0.5, 0.6) is 0 Å². The molecular weight excluding hydrogens is 234 g/mol. The molecule has 5 heteroatoms. The Labute approximate surface area is 93.5 Å². The molecule has 0 aromatic rings. The van der Waals surface area contributed by atoms with Gasteiger partial charge in [-0.3, -0.25) is 0 Å². The molecule has 0 rings (SSSR count). The number of carbonyl (C=O) groups excluding carboxylic acids is 1. The van der Waals surface area contributed by atoms with Crippen molar-refractivity contribution in [3.8, 4) is 0 Å². The third kappa shape index (κ3) is 6.42. The number of unbranched alkanes of at least 4 members (excludes halogenated alkanes) is 2. The molecular formula is C8H12Cl3O2. The molecule has 13 heavy (non-hydrogen) atoms. The van der Waals surface area contributed by atoms with Crippen LogP contribution in [0, 0.1) is 0 Å². The van der Waals surface area contributed by atoms with Gasteiger partial charge in [0, 0.05) is 0 Å². The minimum absolute atomic E-state index is 0.555. The first-order chi connectivity index (χ1) is 6.02. The minimum Gasteiger partial charge on any atom is -0.449 e. The Kier molecular flexibility index (Phi) is 6.92. The predicted octanol–water partition coefficient (Wildman–Crippen LogP) is 3.39. The monoisotopic (exact) mass is 245 g/mol. The lowest BCUT2D eigenvalue weighted by molar-refractivity contribution is 0.167. The van der Waals surface area contributed by atoms with Crippen molar-refractivity contribution in [2.45, 2.75) is 42.5 Å². The van der Waals surface area contributed by atoms with Gasteiger partial charge >= 0.3 is 6.47 Å². The highest BCUT2D eigenvalue weighted by Crippen LogP contribution is 2.34. The minimum atomic E-state index is -1.55. The van der Waals surface area contributed by atoms with E-state index >= 15 is 0 Å². The number of ether oxygens (including phenoxy) is 1. The maximum absolute atomic E-state index is 9.97. The Morgan fingerprint density at radius 2 is 2.00 bits per heavy atom. The van der Waals surface area contributed by atoms with Crippen LogP contribution in [-0.4, -0.2) is 16.4 Å². The van der Waals surface area contributed by atoms with E-state index in [4.69, 9.17) is 34.8 Å². The molecule has 2 nitrogen and oxygen atoms in total. The molecule has 0 spiro atoms. The van der Waals surface area contributed by atoms with Gasteiger partial charge in [0.1, 0.15) is 6.10 Å². The number of rotatable bonds is 6. The molecule has 0 aliphatic rings. The van der Waals surface area contributed by atoms with Crippen molar-refractivity contribution < 1.29 is 9.53 Å². The summed E-state index contributed by atoms with van der Waals surface area (Å²) in [6.07, 6.45) is 2.83. The molecule has 0 fully saturated rings. The van der Waals surface area contributed by atoms with Crippen LogP contribution >= 0.6 is 34.8 Å². The van der Waals surface area contributed by atoms with Gasteiger partial charge in [0.2, 0.25) is 3.79 Å². The normalized spacial score (nSPS) is 13.8. The van der Waals surface area contributed by atoms with Crippen LogP contribution in [0.15, 0.2) is 0 Å². The maximum Gasteiger partial charge on any atom is 0.417 e. The molecule has 0 aliphatic carbocycles. The van der Waals surface area contributed by atoms with E-state index in [1.807, 2.05) is 0 Å². The molecule has 0 heterocycles. The van der Waals surface area contributed by atoms with E-state index in [2.05, 4.69) is 11.7 Å². The van der Waals surface area contributed by atoms with E-state index in [0.717, 1.165) is 19.3 Å². The van der Waals surface area contributed by atoms with Gasteiger partial charge in [0.15, 0.2) is 0 Å². The Morgan fingerprint density at radius 3 is 2.38 bits per heavy atom. The van der Waals surface area contributed by atoms with Crippen LogP contribution in [0.3, 0.4) is 0 Å². The fraction of sp³-hybridized carbons (Fsp3) is 0.875. The van der Waals surface area contributed by atoms with Gasteiger partial charge in [-0.1, -0.05) is 54.6 Å². The zero-order chi connectivity index (χ0) is 10.3. The van der Waals surface area contributed by atoms with Gasteiger partial charge in [-0.05, 0) is 12.8 Å². The van der Waals surface area contributed by atoms with Crippen LogP contribution in [0.4, 0.5) is 0 Å². The highest BCUT2D eigenvalue weighted by molar-refractivity contribution is 6.68. The average molecular weight is 247 g/mol. The molecule has 0 N–H and O–H groups in total. The van der Waals surface area contributed by atoms with Crippen LogP contribution in [0.1, 0.15) is 32.6 Å². The summed E-state index contributed by atoms with van der Waals surface area (Å²) in [5.41, 5.74) is 0. The topological polar surface area (TPSA) is 26.3 Å². The predicted molar refractivity (Wildman–Crippen MR) is 55.0 cm³/mol. The third-order valence-corrected chi connectivity index (χ3v) is 2.36. The zero-order valence-corrected chi connectivity index (χ0v) is 9.62. The molecule has 0 aromatic carbocycles. The summed E-state index contributed by atoms with van der Waals surface area (Å²) in [6, 6.07) is 0. The van der Waals surface area contributed by atoms with Crippen LogP contribution < -0.4 is 0 Å². The quantitative estimate of drug-likeness (QED) is 0.530. The van der Waals surface area contributed by atoms with E-state index in [9.17, 15) is 4.79 Å². The van der Waals surface area contributed by atoms with Crippen LogP contribution in [-0.2, 0) is 9.53 Å². The van der Waals surface area contributed by atoms with Gasteiger partial charge in [-0.25, -0.2) is 4.79 Å². The zero-order valence-electron chi connectivity index (χ0n) is 7.36. The summed E-state index contributed by atoms with van der Waals surface area (Å²) in [7, 11) is 0. The molecule has 0 aromatic heterocycles. The Morgan fingerprint density at radius 1 is 1.38 bits per heavy atom. The molecule has 77 valence electrons. The Balaban J connectivity index is 3.87. The van der Waals surface area contributed by atoms with Gasteiger partial charge in [0.25, 0.3) is 0 Å². The van der Waals surface area contributed by atoms with Gasteiger partial charge in [-0.2, -0.15) is 0 Å². The first-order valence-corrected chi connectivity index (χ1v) is 5.25. The number of hydrogen-bond donors (Lipinski definition) is 0. The van der Waals surface area contributed by atoms with E-state index in [1.165, 1.54) is 6.47 Å². The smallest absolute Gasteiger partial charge is 0.417 e. The van der Waals surface area contributed by atoms with E-state index in [-0.39, 0.29) is 0 Å². The Bertz CT molecular complexity index is 145. The molecule has 1 radical (unpaired) electrons. The first-order valence-electron chi connectivity index (χ1n) is 4.11. The van der Waals surface area contributed by atoms with Gasteiger partial charge in [-0.15, -0.1) is 0 Å². The van der Waals surface area contributed by atoms with Crippen LogP contribution in [0.25, 0.3) is 0 Å². The number of hydrogen-bond acceptors (Lipinski definition) is 2.